The molecular weight excluding hydrogens is 450 g/mol. The molecule has 6 nitrogen and oxygen atoms in total. The molecule has 1 heterocycles. The minimum absolute atomic E-state index is 0.0229. The second-order valence-electron chi connectivity index (χ2n) is 9.37. The van der Waals surface area contributed by atoms with Gasteiger partial charge < -0.3 is 15.5 Å². The molecule has 0 aliphatic carbocycles. The molecule has 3 aromatic carbocycles. The normalized spacial score (nSPS) is 15.2. The van der Waals surface area contributed by atoms with E-state index >= 15 is 0 Å². The van der Waals surface area contributed by atoms with Crippen molar-refractivity contribution in [2.75, 3.05) is 25.0 Å². The Morgan fingerprint density at radius 2 is 1.58 bits per heavy atom. The van der Waals surface area contributed by atoms with Crippen LogP contribution >= 0.6 is 0 Å². The monoisotopic (exact) mass is 483 g/mol. The lowest BCUT2D eigenvalue weighted by molar-refractivity contribution is -0.126. The van der Waals surface area contributed by atoms with Gasteiger partial charge in [0, 0.05) is 36.4 Å². The summed E-state index contributed by atoms with van der Waals surface area (Å²) >= 11 is 0. The largest absolute Gasteiger partial charge is 0.356 e. The first kappa shape index (κ1) is 25.2. The van der Waals surface area contributed by atoms with Crippen molar-refractivity contribution in [1.82, 2.24) is 10.2 Å². The molecule has 6 heteroatoms. The molecule has 3 aromatic rings. The summed E-state index contributed by atoms with van der Waals surface area (Å²) in [6.07, 6.45) is 3.41. The van der Waals surface area contributed by atoms with Gasteiger partial charge in [-0.05, 0) is 74.6 Å². The van der Waals surface area contributed by atoms with Crippen molar-refractivity contribution in [3.63, 3.8) is 0 Å². The van der Waals surface area contributed by atoms with Gasteiger partial charge in [0.1, 0.15) is 0 Å². The Morgan fingerprint density at radius 3 is 2.31 bits per heavy atom. The molecular formula is C30H33N3O3. The van der Waals surface area contributed by atoms with E-state index in [1.807, 2.05) is 37.3 Å². The summed E-state index contributed by atoms with van der Waals surface area (Å²) in [7, 11) is 0. The first-order valence-electron chi connectivity index (χ1n) is 12.6. The molecule has 4 rings (SSSR count). The number of carbonyl (C=O) groups is 3. The fourth-order valence-corrected chi connectivity index (χ4v) is 4.46. The zero-order valence-electron chi connectivity index (χ0n) is 20.7. The lowest BCUT2D eigenvalue weighted by atomic mass is 9.96. The molecule has 1 aliphatic rings. The number of rotatable bonds is 8. The number of amides is 3. The van der Waals surface area contributed by atoms with Crippen LogP contribution in [0.5, 0.6) is 0 Å². The minimum atomic E-state index is -0.192. The van der Waals surface area contributed by atoms with Crippen LogP contribution in [0, 0.1) is 12.8 Å². The van der Waals surface area contributed by atoms with Gasteiger partial charge in [-0.15, -0.1) is 0 Å². The molecule has 0 aromatic heterocycles. The van der Waals surface area contributed by atoms with Crippen molar-refractivity contribution in [2.45, 2.75) is 32.6 Å². The zero-order valence-corrected chi connectivity index (χ0v) is 20.7. The standard InChI is InChI=1S/C30H33N3O3/c1-22-11-13-24(14-12-22)29(35)32-27-17-15-25(16-18-27)30(36)33-20-6-10-26(21-33)28(34)31-19-5-9-23-7-3-2-4-8-23/h2-4,7-8,11-18,26H,5-6,9-10,19-21H2,1H3,(H,31,34)(H,32,35). The number of nitrogens with zero attached hydrogens (tertiary/aromatic N) is 1. The Hall–Kier alpha value is -3.93. The quantitative estimate of drug-likeness (QED) is 0.450. The molecule has 0 saturated carbocycles. The maximum atomic E-state index is 13.1. The van der Waals surface area contributed by atoms with Crippen LogP contribution in [-0.4, -0.2) is 42.3 Å². The van der Waals surface area contributed by atoms with Gasteiger partial charge in [0.2, 0.25) is 5.91 Å². The van der Waals surface area contributed by atoms with Gasteiger partial charge in [0.05, 0.1) is 5.92 Å². The maximum Gasteiger partial charge on any atom is 0.255 e. The third-order valence-corrected chi connectivity index (χ3v) is 6.57. The molecule has 0 bridgehead atoms. The lowest BCUT2D eigenvalue weighted by Crippen LogP contribution is -2.45. The van der Waals surface area contributed by atoms with E-state index in [-0.39, 0.29) is 23.6 Å². The van der Waals surface area contributed by atoms with E-state index in [0.29, 0.717) is 36.4 Å². The minimum Gasteiger partial charge on any atom is -0.356 e. The molecule has 2 N–H and O–H groups in total. The van der Waals surface area contributed by atoms with Gasteiger partial charge >= 0.3 is 0 Å². The second kappa shape index (κ2) is 12.2. The predicted octanol–water partition coefficient (Wildman–Crippen LogP) is 4.85. The average Bonchev–Trinajstić information content (AvgIpc) is 2.92. The Balaban J connectivity index is 1.26. The van der Waals surface area contributed by atoms with Crippen LogP contribution in [-0.2, 0) is 11.2 Å². The Kier molecular flexibility index (Phi) is 8.50. The molecule has 3 amide bonds. The topological polar surface area (TPSA) is 78.5 Å². The van der Waals surface area contributed by atoms with Gasteiger partial charge in [0.25, 0.3) is 11.8 Å². The number of likely N-dealkylation sites (tertiary alicyclic amines) is 1. The third-order valence-electron chi connectivity index (χ3n) is 6.57. The molecule has 1 aliphatic heterocycles. The number of hydrogen-bond donors (Lipinski definition) is 2. The molecule has 186 valence electrons. The Morgan fingerprint density at radius 1 is 0.889 bits per heavy atom. The van der Waals surface area contributed by atoms with Crippen molar-refractivity contribution in [2.24, 2.45) is 5.92 Å². The third kappa shape index (κ3) is 6.81. The van der Waals surface area contributed by atoms with E-state index in [4.69, 9.17) is 0 Å². The van der Waals surface area contributed by atoms with E-state index < -0.39 is 0 Å². The SMILES string of the molecule is Cc1ccc(C(=O)Nc2ccc(C(=O)N3CCCC(C(=O)NCCCc4ccccc4)C3)cc2)cc1. The predicted molar refractivity (Wildman–Crippen MR) is 142 cm³/mol. The number of anilines is 1. The number of hydrogen-bond acceptors (Lipinski definition) is 3. The molecule has 0 spiro atoms. The molecule has 1 saturated heterocycles. The highest BCUT2D eigenvalue weighted by atomic mass is 16.2. The molecule has 1 atom stereocenters. The van der Waals surface area contributed by atoms with Crippen LogP contribution in [0.15, 0.2) is 78.9 Å². The van der Waals surface area contributed by atoms with Crippen molar-refractivity contribution < 1.29 is 14.4 Å². The van der Waals surface area contributed by atoms with E-state index in [9.17, 15) is 14.4 Å². The van der Waals surface area contributed by atoms with Crippen LogP contribution in [0.25, 0.3) is 0 Å². The van der Waals surface area contributed by atoms with E-state index in [2.05, 4.69) is 22.8 Å². The summed E-state index contributed by atoms with van der Waals surface area (Å²) in [5.74, 6) is -0.446. The number of aryl methyl sites for hydroxylation is 2. The first-order valence-corrected chi connectivity index (χ1v) is 12.6. The smallest absolute Gasteiger partial charge is 0.255 e. The van der Waals surface area contributed by atoms with Gasteiger partial charge in [0.15, 0.2) is 0 Å². The van der Waals surface area contributed by atoms with Gasteiger partial charge in [-0.25, -0.2) is 0 Å². The molecule has 0 radical (unpaired) electrons. The Labute approximate surface area is 212 Å². The first-order chi connectivity index (χ1) is 17.5. The van der Waals surface area contributed by atoms with Crippen molar-refractivity contribution in [3.8, 4) is 0 Å². The van der Waals surface area contributed by atoms with Crippen LogP contribution in [0.1, 0.15) is 51.1 Å². The van der Waals surface area contributed by atoms with Crippen molar-refractivity contribution >= 4 is 23.4 Å². The van der Waals surface area contributed by atoms with Crippen molar-refractivity contribution in [3.05, 3.63) is 101 Å². The number of piperidine rings is 1. The van der Waals surface area contributed by atoms with Crippen LogP contribution in [0.3, 0.4) is 0 Å². The molecule has 36 heavy (non-hydrogen) atoms. The summed E-state index contributed by atoms with van der Waals surface area (Å²) in [5, 5.41) is 5.91. The molecule has 1 unspecified atom stereocenters. The zero-order chi connectivity index (χ0) is 25.3. The van der Waals surface area contributed by atoms with E-state index in [0.717, 1.165) is 31.2 Å². The van der Waals surface area contributed by atoms with Gasteiger partial charge in [-0.1, -0.05) is 48.0 Å². The summed E-state index contributed by atoms with van der Waals surface area (Å²) in [6.45, 7) is 3.67. The van der Waals surface area contributed by atoms with Crippen LogP contribution < -0.4 is 10.6 Å². The fraction of sp³-hybridized carbons (Fsp3) is 0.300. The number of carbonyl (C=O) groups excluding carboxylic acids is 3. The van der Waals surface area contributed by atoms with Crippen molar-refractivity contribution in [1.29, 1.82) is 0 Å². The highest BCUT2D eigenvalue weighted by molar-refractivity contribution is 6.04. The van der Waals surface area contributed by atoms with Crippen LogP contribution in [0.4, 0.5) is 5.69 Å². The Bertz CT molecular complexity index is 1170. The molecule has 1 fully saturated rings. The second-order valence-corrected chi connectivity index (χ2v) is 9.37. The summed E-state index contributed by atoms with van der Waals surface area (Å²) < 4.78 is 0. The van der Waals surface area contributed by atoms with E-state index in [1.54, 1.807) is 41.3 Å². The summed E-state index contributed by atoms with van der Waals surface area (Å²) in [5.41, 5.74) is 4.12. The summed E-state index contributed by atoms with van der Waals surface area (Å²) in [4.78, 5) is 40.0. The maximum absolute atomic E-state index is 13.1. The average molecular weight is 484 g/mol. The van der Waals surface area contributed by atoms with Gasteiger partial charge in [-0.2, -0.15) is 0 Å². The number of benzene rings is 3. The van der Waals surface area contributed by atoms with Crippen LogP contribution in [0.2, 0.25) is 0 Å². The summed E-state index contributed by atoms with van der Waals surface area (Å²) in [6, 6.07) is 24.5. The van der Waals surface area contributed by atoms with E-state index in [1.165, 1.54) is 5.56 Å². The highest BCUT2D eigenvalue weighted by Crippen LogP contribution is 2.20. The number of nitrogens with one attached hydrogen (secondary N) is 2. The highest BCUT2D eigenvalue weighted by Gasteiger charge is 2.28. The van der Waals surface area contributed by atoms with Gasteiger partial charge in [-0.3, -0.25) is 14.4 Å². The fourth-order valence-electron chi connectivity index (χ4n) is 4.46. The lowest BCUT2D eigenvalue weighted by Gasteiger charge is -2.32.